The van der Waals surface area contributed by atoms with Crippen molar-refractivity contribution in [3.8, 4) is 11.1 Å². The van der Waals surface area contributed by atoms with Crippen molar-refractivity contribution in [1.29, 1.82) is 0 Å². The Balaban J connectivity index is 2.75. The van der Waals surface area contributed by atoms with Crippen molar-refractivity contribution in [1.82, 2.24) is 4.90 Å². The highest BCUT2D eigenvalue weighted by molar-refractivity contribution is 7.90. The third kappa shape index (κ3) is 3.74. The van der Waals surface area contributed by atoms with Crippen molar-refractivity contribution in [2.75, 3.05) is 26.9 Å². The number of rotatable bonds is 5. The van der Waals surface area contributed by atoms with Gasteiger partial charge < -0.3 is 15.4 Å². The first kappa shape index (κ1) is 18.0. The Morgan fingerprint density at radius 2 is 2.08 bits per heavy atom. The summed E-state index contributed by atoms with van der Waals surface area (Å²) in [5, 5.41) is 3.58. The quantitative estimate of drug-likeness (QED) is 0.376. The van der Waals surface area contributed by atoms with Crippen molar-refractivity contribution in [2.24, 2.45) is 4.40 Å². The Labute approximate surface area is 144 Å². The molecule has 0 spiro atoms. The van der Waals surface area contributed by atoms with Crippen molar-refractivity contribution in [3.05, 3.63) is 34.5 Å². The minimum absolute atomic E-state index is 0.0487. The van der Waals surface area contributed by atoms with Crippen molar-refractivity contribution >= 4 is 39.4 Å². The number of anilines is 1. The maximum atomic E-state index is 12.6. The van der Waals surface area contributed by atoms with E-state index in [9.17, 15) is 13.2 Å². The number of hydrogen-bond acceptors (Lipinski definition) is 6. The second-order valence-electron chi connectivity index (χ2n) is 5.10. The monoisotopic (exact) mass is 367 g/mol. The van der Waals surface area contributed by atoms with Crippen LogP contribution in [0.1, 0.15) is 10.4 Å². The summed E-state index contributed by atoms with van der Waals surface area (Å²) in [6.45, 7) is 0. The van der Waals surface area contributed by atoms with E-state index in [1.165, 1.54) is 41.8 Å². The van der Waals surface area contributed by atoms with Gasteiger partial charge in [-0.25, -0.2) is 4.79 Å². The van der Waals surface area contributed by atoms with E-state index in [-0.39, 0.29) is 16.1 Å². The van der Waals surface area contributed by atoms with Crippen molar-refractivity contribution < 1.29 is 17.9 Å². The zero-order valence-corrected chi connectivity index (χ0v) is 15.0. The lowest BCUT2D eigenvalue weighted by Gasteiger charge is -2.12. The summed E-state index contributed by atoms with van der Waals surface area (Å²) in [5.74, 6) is -0.674. The second-order valence-corrected chi connectivity index (χ2v) is 7.48. The van der Waals surface area contributed by atoms with E-state index in [1.807, 2.05) is 5.38 Å². The van der Waals surface area contributed by atoms with Gasteiger partial charge in [0.05, 0.1) is 12.7 Å². The Hall–Kier alpha value is -2.39. The van der Waals surface area contributed by atoms with Crippen molar-refractivity contribution in [2.45, 2.75) is 4.90 Å². The van der Waals surface area contributed by atoms with Crippen LogP contribution in [0.5, 0.6) is 0 Å². The maximum absolute atomic E-state index is 12.6. The summed E-state index contributed by atoms with van der Waals surface area (Å²) in [5.41, 5.74) is 7.20. The van der Waals surface area contributed by atoms with Gasteiger partial charge in [0.25, 0.3) is 10.0 Å². The Bertz CT molecular complexity index is 872. The fourth-order valence-electron chi connectivity index (χ4n) is 2.00. The summed E-state index contributed by atoms with van der Waals surface area (Å²) in [6.07, 6.45) is 1.17. The van der Waals surface area contributed by atoms with Crippen LogP contribution in [0.3, 0.4) is 0 Å². The SMILES string of the molecule is COC(=O)c1cc(N)c(-c2ccsc2)c(S(=O)(=O)/N=C/N(C)C)c1. The molecule has 0 aliphatic carbocycles. The normalized spacial score (nSPS) is 11.6. The molecule has 2 N–H and O–H groups in total. The summed E-state index contributed by atoms with van der Waals surface area (Å²) >= 11 is 1.41. The molecule has 0 aliphatic heterocycles. The topological polar surface area (TPSA) is 102 Å². The summed E-state index contributed by atoms with van der Waals surface area (Å²) in [7, 11) is 0.460. The predicted molar refractivity (Wildman–Crippen MR) is 94.9 cm³/mol. The molecule has 1 aromatic carbocycles. The molecule has 1 aromatic heterocycles. The summed E-state index contributed by atoms with van der Waals surface area (Å²) in [6, 6.07) is 4.38. The molecule has 0 bridgehead atoms. The number of esters is 1. The molecule has 0 saturated carbocycles. The van der Waals surface area contributed by atoms with Gasteiger partial charge in [0, 0.05) is 25.3 Å². The van der Waals surface area contributed by atoms with Gasteiger partial charge in [-0.3, -0.25) is 0 Å². The molecule has 7 nitrogen and oxygen atoms in total. The minimum atomic E-state index is -4.05. The number of thiophene rings is 1. The fraction of sp³-hybridized carbons (Fsp3) is 0.200. The predicted octanol–water partition coefficient (Wildman–Crippen LogP) is 2.06. The number of nitrogens with zero attached hydrogens (tertiary/aromatic N) is 2. The van der Waals surface area contributed by atoms with Crippen LogP contribution in [0, 0.1) is 0 Å². The highest BCUT2D eigenvalue weighted by Crippen LogP contribution is 2.36. The van der Waals surface area contributed by atoms with E-state index in [1.54, 1.807) is 25.5 Å². The van der Waals surface area contributed by atoms with E-state index >= 15 is 0 Å². The van der Waals surface area contributed by atoms with Crippen LogP contribution < -0.4 is 5.73 Å². The average Bonchev–Trinajstić information content (AvgIpc) is 3.05. The molecule has 0 amide bonds. The molecule has 0 unspecified atom stereocenters. The van der Waals surface area contributed by atoms with Gasteiger partial charge in [0.15, 0.2) is 0 Å². The smallest absolute Gasteiger partial charge is 0.337 e. The molecule has 0 atom stereocenters. The number of sulfonamides is 1. The molecule has 2 rings (SSSR count). The zero-order chi connectivity index (χ0) is 17.9. The molecule has 24 heavy (non-hydrogen) atoms. The number of carbonyl (C=O) groups excluding carboxylic acids is 1. The van der Waals surface area contributed by atoms with Gasteiger partial charge in [0.1, 0.15) is 11.2 Å². The first-order valence-electron chi connectivity index (χ1n) is 6.77. The lowest BCUT2D eigenvalue weighted by molar-refractivity contribution is 0.0600. The zero-order valence-electron chi connectivity index (χ0n) is 13.4. The summed E-state index contributed by atoms with van der Waals surface area (Å²) < 4.78 is 33.6. The Morgan fingerprint density at radius 3 is 2.62 bits per heavy atom. The van der Waals surface area contributed by atoms with Crippen LogP contribution in [0.2, 0.25) is 0 Å². The van der Waals surface area contributed by atoms with Gasteiger partial charge >= 0.3 is 5.97 Å². The first-order valence-corrected chi connectivity index (χ1v) is 9.16. The second kappa shape index (κ2) is 7.02. The molecule has 9 heteroatoms. The van der Waals surface area contributed by atoms with Crippen LogP contribution in [-0.4, -0.2) is 46.8 Å². The molecule has 0 saturated heterocycles. The van der Waals surface area contributed by atoms with Gasteiger partial charge in [-0.05, 0) is 34.5 Å². The van der Waals surface area contributed by atoms with Crippen LogP contribution in [-0.2, 0) is 14.8 Å². The molecule has 0 radical (unpaired) electrons. The van der Waals surface area contributed by atoms with E-state index in [4.69, 9.17) is 5.73 Å². The van der Waals surface area contributed by atoms with Crippen LogP contribution in [0.4, 0.5) is 5.69 Å². The number of ether oxygens (including phenoxy) is 1. The number of nitrogens with two attached hydrogens (primary N) is 1. The third-order valence-electron chi connectivity index (χ3n) is 3.06. The molecule has 0 fully saturated rings. The Kier molecular flexibility index (Phi) is 5.25. The standard InChI is InChI=1S/C15H17N3O4S2/c1-18(2)9-17-24(20,21)13-7-11(15(19)22-3)6-12(16)14(13)10-4-5-23-8-10/h4-9H,16H2,1-3H3/b17-9+. The highest BCUT2D eigenvalue weighted by atomic mass is 32.2. The molecular formula is C15H17N3O4S2. The molecular weight excluding hydrogens is 350 g/mol. The number of benzene rings is 1. The third-order valence-corrected chi connectivity index (χ3v) is 4.99. The largest absolute Gasteiger partial charge is 0.465 e. The van der Waals surface area contributed by atoms with Crippen LogP contribution in [0.25, 0.3) is 11.1 Å². The lowest BCUT2D eigenvalue weighted by Crippen LogP contribution is -2.12. The first-order chi connectivity index (χ1) is 11.3. The van der Waals surface area contributed by atoms with E-state index in [0.29, 0.717) is 11.1 Å². The van der Waals surface area contributed by atoms with Gasteiger partial charge in [0.2, 0.25) is 0 Å². The highest BCUT2D eigenvalue weighted by Gasteiger charge is 2.24. The van der Waals surface area contributed by atoms with Gasteiger partial charge in [-0.1, -0.05) is 0 Å². The van der Waals surface area contributed by atoms with Crippen molar-refractivity contribution in [3.63, 3.8) is 0 Å². The molecule has 128 valence electrons. The fourth-order valence-corrected chi connectivity index (χ4v) is 3.85. The number of hydrogen-bond donors (Lipinski definition) is 1. The lowest BCUT2D eigenvalue weighted by atomic mass is 10.0. The minimum Gasteiger partial charge on any atom is -0.465 e. The van der Waals surface area contributed by atoms with Gasteiger partial charge in [-0.15, -0.1) is 4.40 Å². The number of carbonyl (C=O) groups is 1. The van der Waals surface area contributed by atoms with Gasteiger partial charge in [-0.2, -0.15) is 19.8 Å². The molecule has 2 aromatic rings. The summed E-state index contributed by atoms with van der Waals surface area (Å²) in [4.78, 5) is 13.1. The average molecular weight is 367 g/mol. The Morgan fingerprint density at radius 1 is 1.38 bits per heavy atom. The van der Waals surface area contributed by atoms with E-state index in [0.717, 1.165) is 0 Å². The maximum Gasteiger partial charge on any atom is 0.337 e. The number of nitrogen functional groups attached to an aromatic ring is 1. The van der Waals surface area contributed by atoms with E-state index in [2.05, 4.69) is 9.13 Å². The van der Waals surface area contributed by atoms with E-state index < -0.39 is 16.0 Å². The van der Waals surface area contributed by atoms with Crippen LogP contribution in [0.15, 0.2) is 38.3 Å². The molecule has 0 aliphatic rings. The molecule has 1 heterocycles. The number of methoxy groups -OCH3 is 1. The van der Waals surface area contributed by atoms with Crippen LogP contribution >= 0.6 is 11.3 Å².